The van der Waals surface area contributed by atoms with E-state index in [1.54, 1.807) is 12.3 Å². The summed E-state index contributed by atoms with van der Waals surface area (Å²) in [5.74, 6) is 0.606. The van der Waals surface area contributed by atoms with Gasteiger partial charge in [-0.15, -0.1) is 24.8 Å². The molecular formula is C15H24BrCl2N5O. The molecule has 2 aliphatic heterocycles. The Bertz CT molecular complexity index is 505. The van der Waals surface area contributed by atoms with Crippen molar-refractivity contribution in [3.05, 3.63) is 22.8 Å². The molecule has 1 aromatic heterocycles. The lowest BCUT2D eigenvalue weighted by Crippen LogP contribution is -2.52. The van der Waals surface area contributed by atoms with Gasteiger partial charge in [0.05, 0.1) is 6.54 Å². The molecule has 6 nitrogen and oxygen atoms in total. The normalized spacial score (nSPS) is 21.6. The minimum atomic E-state index is 0. The first kappa shape index (κ1) is 21.6. The summed E-state index contributed by atoms with van der Waals surface area (Å²) in [5, 5.41) is 6.26. The van der Waals surface area contributed by atoms with Crippen molar-refractivity contribution in [1.82, 2.24) is 20.1 Å². The highest BCUT2D eigenvalue weighted by Crippen LogP contribution is 2.13. The number of aromatic nitrogens is 1. The van der Waals surface area contributed by atoms with Crippen LogP contribution in [0.4, 0.5) is 5.82 Å². The molecular weight excluding hydrogens is 417 g/mol. The number of hydrogen-bond acceptors (Lipinski definition) is 5. The maximum atomic E-state index is 12.1. The van der Waals surface area contributed by atoms with Gasteiger partial charge in [0.25, 0.3) is 0 Å². The molecule has 2 N–H and O–H groups in total. The highest BCUT2D eigenvalue weighted by atomic mass is 79.9. The van der Waals surface area contributed by atoms with Gasteiger partial charge in [-0.3, -0.25) is 14.6 Å². The van der Waals surface area contributed by atoms with E-state index in [1.165, 1.54) is 6.42 Å². The summed E-state index contributed by atoms with van der Waals surface area (Å²) in [5.41, 5.74) is 0. The summed E-state index contributed by atoms with van der Waals surface area (Å²) in [6.45, 7) is 6.69. The third-order valence-corrected chi connectivity index (χ3v) is 4.79. The fraction of sp³-hybridized carbons (Fsp3) is 0.600. The lowest BCUT2D eigenvalue weighted by atomic mass is 10.2. The lowest BCUT2D eigenvalue weighted by Gasteiger charge is -2.37. The number of nitrogens with one attached hydrogen (secondary N) is 2. The molecule has 1 amide bonds. The van der Waals surface area contributed by atoms with Crippen LogP contribution in [0, 0.1) is 0 Å². The average molecular weight is 441 g/mol. The van der Waals surface area contributed by atoms with E-state index in [9.17, 15) is 4.79 Å². The van der Waals surface area contributed by atoms with Crippen LogP contribution in [0.2, 0.25) is 0 Å². The molecule has 2 fully saturated rings. The minimum absolute atomic E-state index is 0. The molecule has 3 heterocycles. The third kappa shape index (κ3) is 6.13. The van der Waals surface area contributed by atoms with Gasteiger partial charge in [0.2, 0.25) is 5.91 Å². The number of carbonyl (C=O) groups excluding carboxylic acids is 1. The molecule has 1 unspecified atom stereocenters. The molecule has 2 aliphatic rings. The molecule has 0 spiro atoms. The fourth-order valence-electron chi connectivity index (χ4n) is 3.07. The third-order valence-electron chi connectivity index (χ3n) is 4.32. The van der Waals surface area contributed by atoms with Crippen molar-refractivity contribution in [3.8, 4) is 0 Å². The van der Waals surface area contributed by atoms with E-state index in [-0.39, 0.29) is 30.7 Å². The molecule has 0 saturated carbocycles. The number of rotatable bonds is 4. The maximum Gasteiger partial charge on any atom is 0.239 e. The number of anilines is 1. The number of amides is 1. The summed E-state index contributed by atoms with van der Waals surface area (Å²) >= 11 is 3.33. The maximum absolute atomic E-state index is 12.1. The predicted octanol–water partition coefficient (Wildman–Crippen LogP) is 1.61. The van der Waals surface area contributed by atoms with Gasteiger partial charge >= 0.3 is 0 Å². The van der Waals surface area contributed by atoms with Crippen LogP contribution in [-0.2, 0) is 4.79 Å². The molecule has 2 saturated heterocycles. The van der Waals surface area contributed by atoms with Crippen LogP contribution in [-0.4, -0.2) is 72.5 Å². The summed E-state index contributed by atoms with van der Waals surface area (Å²) in [4.78, 5) is 21.0. The average Bonchev–Trinajstić information content (AvgIpc) is 3.05. The number of hydrogen-bond donors (Lipinski definition) is 2. The monoisotopic (exact) mass is 439 g/mol. The van der Waals surface area contributed by atoms with Crippen LogP contribution in [0.25, 0.3) is 0 Å². The first-order valence-electron chi connectivity index (χ1n) is 7.79. The molecule has 1 atom stereocenters. The minimum Gasteiger partial charge on any atom is -0.315 e. The number of piperazine rings is 1. The van der Waals surface area contributed by atoms with Crippen molar-refractivity contribution in [2.45, 2.75) is 12.5 Å². The highest BCUT2D eigenvalue weighted by molar-refractivity contribution is 9.10. The van der Waals surface area contributed by atoms with Gasteiger partial charge in [-0.25, -0.2) is 4.98 Å². The molecule has 24 heavy (non-hydrogen) atoms. The Hall–Kier alpha value is -0.440. The Morgan fingerprint density at radius 2 is 2.04 bits per heavy atom. The fourth-order valence-corrected chi connectivity index (χ4v) is 3.31. The van der Waals surface area contributed by atoms with Crippen molar-refractivity contribution in [2.75, 3.05) is 51.1 Å². The largest absolute Gasteiger partial charge is 0.315 e. The first-order chi connectivity index (χ1) is 10.7. The molecule has 0 radical (unpaired) electrons. The van der Waals surface area contributed by atoms with Crippen molar-refractivity contribution in [1.29, 1.82) is 0 Å². The number of pyridine rings is 1. The molecule has 0 aromatic carbocycles. The van der Waals surface area contributed by atoms with Gasteiger partial charge in [-0.1, -0.05) is 0 Å². The molecule has 3 rings (SSSR count). The van der Waals surface area contributed by atoms with Gasteiger partial charge in [0, 0.05) is 49.4 Å². The quantitative estimate of drug-likeness (QED) is 0.744. The summed E-state index contributed by atoms with van der Waals surface area (Å²) in [7, 11) is 0. The summed E-state index contributed by atoms with van der Waals surface area (Å²) < 4.78 is 0.906. The van der Waals surface area contributed by atoms with Crippen LogP contribution in [0.3, 0.4) is 0 Å². The number of carbonyl (C=O) groups is 1. The zero-order valence-electron chi connectivity index (χ0n) is 13.4. The zero-order valence-corrected chi connectivity index (χ0v) is 16.6. The Morgan fingerprint density at radius 1 is 1.29 bits per heavy atom. The van der Waals surface area contributed by atoms with E-state index >= 15 is 0 Å². The Morgan fingerprint density at radius 3 is 2.62 bits per heavy atom. The number of halogens is 3. The summed E-state index contributed by atoms with van der Waals surface area (Å²) in [6, 6.07) is 4.35. The number of nitrogens with zero attached hydrogens (tertiary/aromatic N) is 3. The Balaban J connectivity index is 0.00000144. The van der Waals surface area contributed by atoms with Gasteiger partial charge in [0.1, 0.15) is 5.82 Å². The van der Waals surface area contributed by atoms with Crippen molar-refractivity contribution < 1.29 is 4.79 Å². The lowest BCUT2D eigenvalue weighted by molar-refractivity contribution is -0.117. The van der Waals surface area contributed by atoms with Crippen LogP contribution >= 0.6 is 40.7 Å². The van der Waals surface area contributed by atoms with E-state index < -0.39 is 0 Å². The standard InChI is InChI=1S/C15H22BrN5O.2ClH/c16-12-1-2-14(18-9-12)19-15(22)11-20-5-7-21(8-6-20)13-3-4-17-10-13;;/h1-2,9,13,17H,3-8,10-11H2,(H,18,19,22);2*1H. The topological polar surface area (TPSA) is 60.5 Å². The van der Waals surface area contributed by atoms with E-state index in [2.05, 4.69) is 41.3 Å². The Kier molecular flexibility index (Phi) is 9.48. The Labute approximate surface area is 163 Å². The van der Waals surface area contributed by atoms with Crippen LogP contribution in [0.1, 0.15) is 6.42 Å². The van der Waals surface area contributed by atoms with Crippen molar-refractivity contribution in [2.24, 2.45) is 0 Å². The second kappa shape index (κ2) is 10.5. The van der Waals surface area contributed by atoms with Gasteiger partial charge < -0.3 is 10.6 Å². The van der Waals surface area contributed by atoms with Crippen LogP contribution in [0.5, 0.6) is 0 Å². The molecule has 136 valence electrons. The van der Waals surface area contributed by atoms with E-state index in [0.29, 0.717) is 18.4 Å². The molecule has 9 heteroatoms. The van der Waals surface area contributed by atoms with Crippen molar-refractivity contribution >= 4 is 52.5 Å². The van der Waals surface area contributed by atoms with E-state index in [1.807, 2.05) is 6.07 Å². The van der Waals surface area contributed by atoms with Crippen LogP contribution in [0.15, 0.2) is 22.8 Å². The predicted molar refractivity (Wildman–Crippen MR) is 104 cm³/mol. The zero-order chi connectivity index (χ0) is 15.4. The molecule has 0 aliphatic carbocycles. The molecule has 0 bridgehead atoms. The first-order valence-corrected chi connectivity index (χ1v) is 8.58. The van der Waals surface area contributed by atoms with E-state index in [0.717, 1.165) is 43.7 Å². The summed E-state index contributed by atoms with van der Waals surface area (Å²) in [6.07, 6.45) is 2.93. The van der Waals surface area contributed by atoms with Gasteiger partial charge in [0.15, 0.2) is 0 Å². The SMILES string of the molecule is Cl.Cl.O=C(CN1CCN(C2CCNC2)CC1)Nc1ccc(Br)cn1. The highest BCUT2D eigenvalue weighted by Gasteiger charge is 2.26. The second-order valence-corrected chi connectivity index (χ2v) is 6.78. The van der Waals surface area contributed by atoms with E-state index in [4.69, 9.17) is 0 Å². The van der Waals surface area contributed by atoms with Gasteiger partial charge in [-0.05, 0) is 41.0 Å². The molecule has 1 aromatic rings. The van der Waals surface area contributed by atoms with Gasteiger partial charge in [-0.2, -0.15) is 0 Å². The van der Waals surface area contributed by atoms with Crippen LogP contribution < -0.4 is 10.6 Å². The van der Waals surface area contributed by atoms with Crippen molar-refractivity contribution in [3.63, 3.8) is 0 Å². The smallest absolute Gasteiger partial charge is 0.239 e. The second-order valence-electron chi connectivity index (χ2n) is 5.87.